The fraction of sp³-hybridized carbons (Fsp3) is 0.214. The number of anilines is 1. The van der Waals surface area contributed by atoms with Crippen LogP contribution in [0, 0.1) is 6.92 Å². The van der Waals surface area contributed by atoms with Crippen LogP contribution in [-0.2, 0) is 11.3 Å². The van der Waals surface area contributed by atoms with Crippen LogP contribution in [0.5, 0.6) is 0 Å². The van der Waals surface area contributed by atoms with Gasteiger partial charge in [0.1, 0.15) is 0 Å². The van der Waals surface area contributed by atoms with Crippen molar-refractivity contribution in [3.05, 3.63) is 53.5 Å². The normalized spacial score (nSPS) is 10.1. The summed E-state index contributed by atoms with van der Waals surface area (Å²) in [4.78, 5) is 11.4. The van der Waals surface area contributed by atoms with Crippen LogP contribution in [0.15, 0.2) is 41.0 Å². The predicted molar refractivity (Wildman–Crippen MR) is 68.6 cm³/mol. The molecule has 0 bridgehead atoms. The number of hydrogen-bond acceptors (Lipinski definition) is 4. The maximum Gasteiger partial charge on any atom is 0.374 e. The Labute approximate surface area is 106 Å². The molecule has 1 N–H and O–H groups in total. The smallest absolute Gasteiger partial charge is 0.374 e. The number of carbonyl (C=O) groups is 1. The van der Waals surface area contributed by atoms with E-state index in [9.17, 15) is 4.79 Å². The van der Waals surface area contributed by atoms with Gasteiger partial charge < -0.3 is 14.5 Å². The minimum Gasteiger partial charge on any atom is -0.463 e. The highest BCUT2D eigenvalue weighted by molar-refractivity contribution is 5.87. The number of hydrogen-bond donors (Lipinski definition) is 1. The van der Waals surface area contributed by atoms with Crippen LogP contribution >= 0.6 is 0 Å². The fourth-order valence-corrected chi connectivity index (χ4v) is 1.70. The van der Waals surface area contributed by atoms with Crippen LogP contribution in [0.3, 0.4) is 0 Å². The van der Waals surface area contributed by atoms with E-state index in [1.807, 2.05) is 31.2 Å². The van der Waals surface area contributed by atoms with Crippen LogP contribution in [-0.4, -0.2) is 13.1 Å². The number of carbonyl (C=O) groups excluding carboxylic acids is 1. The number of nitrogens with one attached hydrogen (secondary N) is 1. The molecule has 0 amide bonds. The van der Waals surface area contributed by atoms with E-state index in [-0.39, 0.29) is 5.76 Å². The monoisotopic (exact) mass is 245 g/mol. The average Bonchev–Trinajstić information content (AvgIpc) is 2.84. The largest absolute Gasteiger partial charge is 0.463 e. The summed E-state index contributed by atoms with van der Waals surface area (Å²) in [5.41, 5.74) is 2.97. The van der Waals surface area contributed by atoms with E-state index >= 15 is 0 Å². The molecule has 4 heteroatoms. The summed E-state index contributed by atoms with van der Waals surface area (Å²) in [7, 11) is 1.34. The topological polar surface area (TPSA) is 51.5 Å². The lowest BCUT2D eigenvalue weighted by Crippen LogP contribution is -2.06. The third kappa shape index (κ3) is 2.71. The lowest BCUT2D eigenvalue weighted by atomic mass is 10.2. The lowest BCUT2D eigenvalue weighted by Gasteiger charge is -2.06. The highest BCUT2D eigenvalue weighted by Crippen LogP contribution is 2.15. The van der Waals surface area contributed by atoms with Gasteiger partial charge in [-0.05, 0) is 30.7 Å². The average molecular weight is 245 g/mol. The summed E-state index contributed by atoms with van der Waals surface area (Å²) < 4.78 is 9.76. The van der Waals surface area contributed by atoms with Gasteiger partial charge in [-0.1, -0.05) is 12.1 Å². The molecule has 0 aliphatic carbocycles. The van der Waals surface area contributed by atoms with Crippen molar-refractivity contribution in [3.8, 4) is 0 Å². The quantitative estimate of drug-likeness (QED) is 0.841. The van der Waals surface area contributed by atoms with E-state index in [1.165, 1.54) is 18.9 Å². The first-order valence-corrected chi connectivity index (χ1v) is 5.66. The van der Waals surface area contributed by atoms with Crippen molar-refractivity contribution in [2.75, 3.05) is 12.4 Å². The third-order valence-corrected chi connectivity index (χ3v) is 2.62. The first-order chi connectivity index (χ1) is 8.70. The number of benzene rings is 1. The van der Waals surface area contributed by atoms with Gasteiger partial charge in [0, 0.05) is 17.8 Å². The molecular formula is C14H15NO3. The van der Waals surface area contributed by atoms with Crippen molar-refractivity contribution in [2.24, 2.45) is 0 Å². The highest BCUT2D eigenvalue weighted by atomic mass is 16.5. The standard InChI is InChI=1S/C14H15NO3/c1-10-4-3-5-12(8-10)15-9-11-6-7-18-13(11)14(16)17-2/h3-8,15H,9H2,1-2H3. The van der Waals surface area contributed by atoms with Crippen molar-refractivity contribution in [1.82, 2.24) is 0 Å². The maximum atomic E-state index is 11.4. The summed E-state index contributed by atoms with van der Waals surface area (Å²) in [6.45, 7) is 2.55. The molecule has 0 unspecified atom stereocenters. The third-order valence-electron chi connectivity index (χ3n) is 2.62. The summed E-state index contributed by atoms with van der Waals surface area (Å²) in [5.74, 6) is -0.210. The van der Waals surface area contributed by atoms with Crippen LogP contribution in [0.2, 0.25) is 0 Å². The maximum absolute atomic E-state index is 11.4. The molecular weight excluding hydrogens is 230 g/mol. The molecule has 0 atom stereocenters. The molecule has 0 aliphatic rings. The van der Waals surface area contributed by atoms with E-state index in [1.54, 1.807) is 6.07 Å². The summed E-state index contributed by atoms with van der Waals surface area (Å²) in [6, 6.07) is 9.79. The molecule has 0 radical (unpaired) electrons. The van der Waals surface area contributed by atoms with Gasteiger partial charge in [0.2, 0.25) is 5.76 Å². The molecule has 4 nitrogen and oxygen atoms in total. The minimum absolute atomic E-state index is 0.248. The van der Waals surface area contributed by atoms with Crippen LogP contribution in [0.25, 0.3) is 0 Å². The lowest BCUT2D eigenvalue weighted by molar-refractivity contribution is 0.0563. The van der Waals surface area contributed by atoms with Crippen molar-refractivity contribution >= 4 is 11.7 Å². The summed E-state index contributed by atoms with van der Waals surface area (Å²) >= 11 is 0. The fourth-order valence-electron chi connectivity index (χ4n) is 1.70. The van der Waals surface area contributed by atoms with Crippen LogP contribution < -0.4 is 5.32 Å². The molecule has 2 rings (SSSR count). The number of esters is 1. The second kappa shape index (κ2) is 5.40. The van der Waals surface area contributed by atoms with E-state index in [0.29, 0.717) is 6.54 Å². The number of aryl methyl sites for hydroxylation is 1. The Bertz CT molecular complexity index is 545. The zero-order valence-electron chi connectivity index (χ0n) is 10.4. The van der Waals surface area contributed by atoms with Gasteiger partial charge in [0.25, 0.3) is 0 Å². The van der Waals surface area contributed by atoms with E-state index in [4.69, 9.17) is 4.42 Å². The summed E-state index contributed by atoms with van der Waals surface area (Å²) in [5, 5.41) is 3.24. The van der Waals surface area contributed by atoms with Gasteiger partial charge >= 0.3 is 5.97 Å². The Morgan fingerprint density at radius 2 is 2.22 bits per heavy atom. The van der Waals surface area contributed by atoms with Gasteiger partial charge in [0.15, 0.2) is 0 Å². The molecule has 0 saturated carbocycles. The SMILES string of the molecule is COC(=O)c1occc1CNc1cccc(C)c1. The highest BCUT2D eigenvalue weighted by Gasteiger charge is 2.15. The van der Waals surface area contributed by atoms with Crippen molar-refractivity contribution in [1.29, 1.82) is 0 Å². The van der Waals surface area contributed by atoms with Crippen LogP contribution in [0.1, 0.15) is 21.7 Å². The number of furan rings is 1. The van der Waals surface area contributed by atoms with Gasteiger partial charge in [-0.25, -0.2) is 4.79 Å². The number of ether oxygens (including phenoxy) is 1. The van der Waals surface area contributed by atoms with Crippen molar-refractivity contribution in [3.63, 3.8) is 0 Å². The molecule has 1 aromatic carbocycles. The Morgan fingerprint density at radius 1 is 1.39 bits per heavy atom. The zero-order valence-corrected chi connectivity index (χ0v) is 10.4. The second-order valence-corrected chi connectivity index (χ2v) is 3.99. The van der Waals surface area contributed by atoms with E-state index < -0.39 is 5.97 Å². The van der Waals surface area contributed by atoms with Gasteiger partial charge in [0.05, 0.1) is 13.4 Å². The first kappa shape index (κ1) is 12.2. The first-order valence-electron chi connectivity index (χ1n) is 5.66. The molecule has 18 heavy (non-hydrogen) atoms. The van der Waals surface area contributed by atoms with Crippen LogP contribution in [0.4, 0.5) is 5.69 Å². The zero-order chi connectivity index (χ0) is 13.0. The molecule has 94 valence electrons. The Morgan fingerprint density at radius 3 is 2.94 bits per heavy atom. The molecule has 2 aromatic rings. The molecule has 0 fully saturated rings. The Kier molecular flexibility index (Phi) is 3.67. The molecule has 0 spiro atoms. The molecule has 1 heterocycles. The number of rotatable bonds is 4. The number of methoxy groups -OCH3 is 1. The minimum atomic E-state index is -0.457. The Balaban J connectivity index is 2.07. The van der Waals surface area contributed by atoms with Gasteiger partial charge in [-0.2, -0.15) is 0 Å². The molecule has 0 saturated heterocycles. The molecule has 0 aliphatic heterocycles. The van der Waals surface area contributed by atoms with Gasteiger partial charge in [-0.3, -0.25) is 0 Å². The van der Waals surface area contributed by atoms with Crippen molar-refractivity contribution in [2.45, 2.75) is 13.5 Å². The van der Waals surface area contributed by atoms with E-state index in [2.05, 4.69) is 10.1 Å². The Hall–Kier alpha value is -2.23. The second-order valence-electron chi connectivity index (χ2n) is 3.99. The van der Waals surface area contributed by atoms with Crippen molar-refractivity contribution < 1.29 is 13.9 Å². The van der Waals surface area contributed by atoms with Gasteiger partial charge in [-0.15, -0.1) is 0 Å². The molecule has 1 aromatic heterocycles. The summed E-state index contributed by atoms with van der Waals surface area (Å²) in [6.07, 6.45) is 1.49. The van der Waals surface area contributed by atoms with E-state index in [0.717, 1.165) is 11.3 Å². The predicted octanol–water partition coefficient (Wildman–Crippen LogP) is 2.99.